The molecule has 1 unspecified atom stereocenters. The van der Waals surface area contributed by atoms with Gasteiger partial charge in [-0.3, -0.25) is 4.21 Å². The lowest BCUT2D eigenvalue weighted by Crippen LogP contribution is -2.18. The lowest BCUT2D eigenvalue weighted by atomic mass is 10.4. The Kier molecular flexibility index (Phi) is 3.88. The van der Waals surface area contributed by atoms with E-state index in [1.807, 2.05) is 4.72 Å². The van der Waals surface area contributed by atoms with Gasteiger partial charge in [0.2, 0.25) is 0 Å². The third kappa shape index (κ3) is 5.17. The molecule has 0 aromatic rings. The number of hydrogen-bond acceptors (Lipinski definition) is 3. The van der Waals surface area contributed by atoms with E-state index in [0.717, 1.165) is 0 Å². The molecule has 0 bridgehead atoms. The van der Waals surface area contributed by atoms with Crippen molar-refractivity contribution in [2.24, 2.45) is 0 Å². The molecular formula is C4H5N2O2S-. The van der Waals surface area contributed by atoms with Gasteiger partial charge in [0.25, 0.3) is 0 Å². The van der Waals surface area contributed by atoms with Gasteiger partial charge in [-0.2, -0.15) is 5.26 Å². The predicted molar refractivity (Wildman–Crippen MR) is 31.7 cm³/mol. The van der Waals surface area contributed by atoms with Crippen LogP contribution < -0.4 is 4.72 Å². The summed E-state index contributed by atoms with van der Waals surface area (Å²) >= 11 is -2.30. The third-order valence-electron chi connectivity index (χ3n) is 0.562. The van der Waals surface area contributed by atoms with E-state index in [-0.39, 0.29) is 12.1 Å². The molecule has 0 saturated heterocycles. The summed E-state index contributed by atoms with van der Waals surface area (Å²) < 4.78 is 21.5. The van der Waals surface area contributed by atoms with Crippen LogP contribution in [0.2, 0.25) is 0 Å². The van der Waals surface area contributed by atoms with E-state index in [1.54, 1.807) is 6.07 Å². The van der Waals surface area contributed by atoms with Gasteiger partial charge in [-0.05, 0) is 0 Å². The number of nitrogens with one attached hydrogen (secondary N) is 1. The lowest BCUT2D eigenvalue weighted by Gasteiger charge is -2.03. The quantitative estimate of drug-likeness (QED) is 0.427. The van der Waals surface area contributed by atoms with Gasteiger partial charge in [0.15, 0.2) is 0 Å². The maximum absolute atomic E-state index is 9.76. The van der Waals surface area contributed by atoms with Gasteiger partial charge in [0.1, 0.15) is 0 Å². The Morgan fingerprint density at radius 3 is 2.89 bits per heavy atom. The fraction of sp³-hybridized carbons (Fsp3) is 0.250. The van der Waals surface area contributed by atoms with Crippen LogP contribution in [0.4, 0.5) is 0 Å². The Morgan fingerprint density at radius 1 is 2.00 bits per heavy atom. The molecule has 50 valence electrons. The number of hydrogen-bond donors (Lipinski definition) is 1. The van der Waals surface area contributed by atoms with Crippen molar-refractivity contribution in [1.82, 2.24) is 4.72 Å². The molecule has 9 heavy (non-hydrogen) atoms. The maximum Gasteiger partial charge on any atom is 0.0954 e. The first-order chi connectivity index (χ1) is 4.16. The van der Waals surface area contributed by atoms with Gasteiger partial charge in [-0.25, -0.2) is 4.72 Å². The second kappa shape index (κ2) is 4.21. The van der Waals surface area contributed by atoms with Crippen molar-refractivity contribution in [3.05, 3.63) is 12.2 Å². The van der Waals surface area contributed by atoms with Gasteiger partial charge in [-0.1, -0.05) is 6.58 Å². The van der Waals surface area contributed by atoms with E-state index in [4.69, 9.17) is 5.26 Å². The van der Waals surface area contributed by atoms with Crippen LogP contribution in [0.5, 0.6) is 0 Å². The molecule has 0 rings (SSSR count). The first kappa shape index (κ1) is 8.30. The molecule has 0 aromatic carbocycles. The summed E-state index contributed by atoms with van der Waals surface area (Å²) in [7, 11) is 0. The van der Waals surface area contributed by atoms with Gasteiger partial charge >= 0.3 is 0 Å². The zero-order valence-corrected chi connectivity index (χ0v) is 5.40. The molecule has 0 saturated carbocycles. The molecule has 0 amide bonds. The minimum absolute atomic E-state index is 0.00733. The highest BCUT2D eigenvalue weighted by Crippen LogP contribution is 1.81. The molecule has 0 heterocycles. The van der Waals surface area contributed by atoms with Crippen molar-refractivity contribution in [1.29, 1.82) is 5.26 Å². The Hall–Kier alpha value is -0.700. The molecule has 0 aliphatic rings. The minimum Gasteiger partial charge on any atom is -0.760 e. The highest BCUT2D eigenvalue weighted by Gasteiger charge is 1.87. The Bertz CT molecular complexity index is 172. The summed E-state index contributed by atoms with van der Waals surface area (Å²) in [5, 5.41) is 8.06. The summed E-state index contributed by atoms with van der Waals surface area (Å²) in [6.07, 6.45) is 0. The number of nitriles is 1. The van der Waals surface area contributed by atoms with Gasteiger partial charge < -0.3 is 4.55 Å². The molecule has 0 aliphatic heterocycles. The largest absolute Gasteiger partial charge is 0.760 e. The van der Waals surface area contributed by atoms with Crippen molar-refractivity contribution in [2.45, 2.75) is 0 Å². The first-order valence-corrected chi connectivity index (χ1v) is 3.15. The maximum atomic E-state index is 9.76. The van der Waals surface area contributed by atoms with Gasteiger partial charge in [0.05, 0.1) is 6.07 Å². The van der Waals surface area contributed by atoms with E-state index < -0.39 is 11.3 Å². The average molecular weight is 145 g/mol. The summed E-state index contributed by atoms with van der Waals surface area (Å²) in [6.45, 7) is 3.24. The molecule has 0 fully saturated rings. The van der Waals surface area contributed by atoms with Crippen molar-refractivity contribution in [3.63, 3.8) is 0 Å². The minimum atomic E-state index is -2.30. The molecule has 5 heteroatoms. The first-order valence-electron chi connectivity index (χ1n) is 2.07. The fourth-order valence-corrected chi connectivity index (χ4v) is 0.478. The van der Waals surface area contributed by atoms with Crippen molar-refractivity contribution < 1.29 is 8.76 Å². The van der Waals surface area contributed by atoms with E-state index in [2.05, 4.69) is 6.58 Å². The Balaban J connectivity index is 3.43. The van der Waals surface area contributed by atoms with Crippen LogP contribution >= 0.6 is 0 Å². The van der Waals surface area contributed by atoms with Crippen molar-refractivity contribution in [3.8, 4) is 6.07 Å². The number of nitrogens with zero attached hydrogens (tertiary/aromatic N) is 1. The normalized spacial score (nSPS) is 12.0. The Morgan fingerprint density at radius 2 is 2.56 bits per heavy atom. The number of rotatable bonds is 3. The van der Waals surface area contributed by atoms with Gasteiger partial charge in [-0.15, -0.1) is 0 Å². The van der Waals surface area contributed by atoms with Crippen LogP contribution in [0, 0.1) is 11.3 Å². The third-order valence-corrected chi connectivity index (χ3v) is 0.942. The van der Waals surface area contributed by atoms with Crippen LogP contribution in [-0.4, -0.2) is 15.3 Å². The monoisotopic (exact) mass is 145 g/mol. The summed E-state index contributed by atoms with van der Waals surface area (Å²) in [4.78, 5) is 0. The summed E-state index contributed by atoms with van der Waals surface area (Å²) in [5.41, 5.74) is 0.194. The molecule has 4 nitrogen and oxygen atoms in total. The molecule has 0 aromatic heterocycles. The SMILES string of the molecule is C=C(C#N)CNS(=O)[O-]. The predicted octanol–water partition coefficient (Wildman–Crippen LogP) is -0.550. The zero-order chi connectivity index (χ0) is 7.28. The van der Waals surface area contributed by atoms with Crippen LogP contribution in [-0.2, 0) is 11.3 Å². The zero-order valence-electron chi connectivity index (χ0n) is 4.59. The standard InChI is InChI=1S/C4H6N2O2S/c1-4(2-5)3-6-9(7)8/h6H,1,3H2,(H,7,8)/p-1. The topological polar surface area (TPSA) is 76.0 Å². The summed E-state index contributed by atoms with van der Waals surface area (Å²) in [6, 6.07) is 1.69. The second-order valence-electron chi connectivity index (χ2n) is 1.27. The Labute approximate surface area is 55.6 Å². The molecular weight excluding hydrogens is 140 g/mol. The fourth-order valence-electron chi connectivity index (χ4n) is 0.186. The molecule has 0 radical (unpaired) electrons. The van der Waals surface area contributed by atoms with E-state index in [1.165, 1.54) is 0 Å². The van der Waals surface area contributed by atoms with Crippen LogP contribution in [0.15, 0.2) is 12.2 Å². The van der Waals surface area contributed by atoms with Crippen LogP contribution in [0.25, 0.3) is 0 Å². The van der Waals surface area contributed by atoms with Crippen molar-refractivity contribution >= 4 is 11.3 Å². The average Bonchev–Trinajstić information content (AvgIpc) is 1.83. The van der Waals surface area contributed by atoms with E-state index in [0.29, 0.717) is 0 Å². The smallest absolute Gasteiger partial charge is 0.0954 e. The molecule has 1 N–H and O–H groups in total. The molecule has 0 aliphatic carbocycles. The summed E-state index contributed by atoms with van der Waals surface area (Å²) in [5.74, 6) is 0. The van der Waals surface area contributed by atoms with Gasteiger partial charge in [0, 0.05) is 23.4 Å². The molecule has 0 spiro atoms. The second-order valence-corrected chi connectivity index (χ2v) is 2.03. The highest BCUT2D eigenvalue weighted by molar-refractivity contribution is 7.77. The lowest BCUT2D eigenvalue weighted by molar-refractivity contribution is 0.526. The van der Waals surface area contributed by atoms with E-state index in [9.17, 15) is 8.76 Å². The molecule has 1 atom stereocenters. The van der Waals surface area contributed by atoms with E-state index >= 15 is 0 Å². The van der Waals surface area contributed by atoms with Crippen LogP contribution in [0.3, 0.4) is 0 Å². The van der Waals surface area contributed by atoms with Crippen LogP contribution in [0.1, 0.15) is 0 Å². The van der Waals surface area contributed by atoms with Crippen molar-refractivity contribution in [2.75, 3.05) is 6.54 Å². The highest BCUT2D eigenvalue weighted by atomic mass is 32.2.